The quantitative estimate of drug-likeness (QED) is 0.176. The Morgan fingerprint density at radius 2 is 1.24 bits per heavy atom. The highest BCUT2D eigenvalue weighted by Crippen LogP contribution is 2.44. The van der Waals surface area contributed by atoms with Crippen LogP contribution < -0.4 is 0 Å². The third kappa shape index (κ3) is 4.80. The monoisotopic (exact) mass is 646 g/mol. The van der Waals surface area contributed by atoms with E-state index < -0.39 is 0 Å². The molecule has 0 bridgehead atoms. The maximum absolute atomic E-state index is 10.2. The predicted octanol–water partition coefficient (Wildman–Crippen LogP) is 12.6. The molecule has 0 N–H and O–H groups in total. The van der Waals surface area contributed by atoms with Crippen LogP contribution in [0.2, 0.25) is 0 Å². The summed E-state index contributed by atoms with van der Waals surface area (Å²) in [6, 6.07) is 45.2. The van der Waals surface area contributed by atoms with Crippen molar-refractivity contribution in [3.8, 4) is 28.6 Å². The van der Waals surface area contributed by atoms with Gasteiger partial charge in [0.05, 0.1) is 46.0 Å². The second-order valence-electron chi connectivity index (χ2n) is 15.3. The van der Waals surface area contributed by atoms with Crippen molar-refractivity contribution in [3.63, 3.8) is 0 Å². The van der Waals surface area contributed by atoms with Gasteiger partial charge in [0.15, 0.2) is 0 Å². The molecule has 242 valence electrons. The van der Waals surface area contributed by atoms with Crippen molar-refractivity contribution in [2.75, 3.05) is 0 Å². The summed E-state index contributed by atoms with van der Waals surface area (Å²) >= 11 is 0. The first-order valence-electron chi connectivity index (χ1n) is 17.1. The second-order valence-corrected chi connectivity index (χ2v) is 15.3. The molecule has 0 amide bonds. The number of fused-ring (bicyclic) bond motifs is 6. The van der Waals surface area contributed by atoms with Gasteiger partial charge in [0.25, 0.3) is 0 Å². The number of nitriles is 1. The third-order valence-electron chi connectivity index (χ3n) is 10.1. The van der Waals surface area contributed by atoms with Crippen LogP contribution in [0.15, 0.2) is 121 Å². The summed E-state index contributed by atoms with van der Waals surface area (Å²) < 4.78 is 4.51. The molecule has 0 saturated heterocycles. The Morgan fingerprint density at radius 3 is 1.90 bits per heavy atom. The smallest absolute Gasteiger partial charge is 0.211 e. The lowest BCUT2D eigenvalue weighted by Gasteiger charge is -2.19. The van der Waals surface area contributed by atoms with Crippen molar-refractivity contribution in [3.05, 3.63) is 149 Å². The Labute approximate surface area is 293 Å². The van der Waals surface area contributed by atoms with E-state index in [1.54, 1.807) is 18.2 Å². The SMILES string of the molecule is [C-]#[N+]c1cccc(C#N)c1-n1c2ccc(C(C)(C)C)cc2c2c(-c3ccc4c5cc(C(C)(C)C)ccc5n(-c5ccccc5)c4c3)cccc21. The van der Waals surface area contributed by atoms with Crippen molar-refractivity contribution in [2.24, 2.45) is 0 Å². The number of para-hydroxylation sites is 2. The molecule has 2 heterocycles. The molecular formula is C46H38N4. The minimum Gasteiger partial charge on any atom is -0.318 e. The molecular weight excluding hydrogens is 609 g/mol. The van der Waals surface area contributed by atoms with Gasteiger partial charge in [-0.1, -0.05) is 108 Å². The summed E-state index contributed by atoms with van der Waals surface area (Å²) in [5, 5.41) is 14.9. The van der Waals surface area contributed by atoms with Crippen molar-refractivity contribution in [1.82, 2.24) is 9.13 Å². The lowest BCUT2D eigenvalue weighted by atomic mass is 9.86. The number of hydrogen-bond donors (Lipinski definition) is 0. The van der Waals surface area contributed by atoms with Gasteiger partial charge in [-0.25, -0.2) is 4.85 Å². The molecule has 0 unspecified atom stereocenters. The molecule has 0 spiro atoms. The van der Waals surface area contributed by atoms with Gasteiger partial charge in [-0.15, -0.1) is 0 Å². The maximum Gasteiger partial charge on any atom is 0.211 e. The second kappa shape index (κ2) is 11.2. The zero-order chi connectivity index (χ0) is 34.9. The molecule has 0 aliphatic carbocycles. The van der Waals surface area contributed by atoms with Crippen molar-refractivity contribution < 1.29 is 0 Å². The molecule has 0 saturated carbocycles. The van der Waals surface area contributed by atoms with E-state index in [4.69, 9.17) is 6.57 Å². The first-order valence-corrected chi connectivity index (χ1v) is 17.1. The Kier molecular flexibility index (Phi) is 7.00. The zero-order valence-corrected chi connectivity index (χ0v) is 29.3. The Bertz CT molecular complexity index is 2700. The van der Waals surface area contributed by atoms with Gasteiger partial charge in [-0.2, -0.15) is 5.26 Å². The molecule has 0 aliphatic rings. The Morgan fingerprint density at radius 1 is 0.580 bits per heavy atom. The molecule has 4 heteroatoms. The molecule has 8 rings (SSSR count). The molecule has 0 radical (unpaired) electrons. The average Bonchev–Trinajstić information content (AvgIpc) is 3.62. The molecule has 0 aliphatic heterocycles. The topological polar surface area (TPSA) is 38.0 Å². The molecule has 0 fully saturated rings. The fourth-order valence-electron chi connectivity index (χ4n) is 7.48. The largest absolute Gasteiger partial charge is 0.318 e. The summed E-state index contributed by atoms with van der Waals surface area (Å²) in [5.74, 6) is 0. The van der Waals surface area contributed by atoms with Crippen LogP contribution in [-0.2, 0) is 10.8 Å². The van der Waals surface area contributed by atoms with E-state index in [1.807, 2.05) is 0 Å². The lowest BCUT2D eigenvalue weighted by Crippen LogP contribution is -2.10. The van der Waals surface area contributed by atoms with Crippen molar-refractivity contribution in [1.29, 1.82) is 5.26 Å². The molecule has 8 aromatic rings. The van der Waals surface area contributed by atoms with E-state index in [2.05, 4.69) is 165 Å². The van der Waals surface area contributed by atoms with Crippen LogP contribution in [0.1, 0.15) is 58.2 Å². The van der Waals surface area contributed by atoms with Crippen LogP contribution in [0.25, 0.3) is 71.0 Å². The maximum atomic E-state index is 10.2. The summed E-state index contributed by atoms with van der Waals surface area (Å²) in [4.78, 5) is 3.88. The van der Waals surface area contributed by atoms with Crippen LogP contribution in [-0.4, -0.2) is 9.13 Å². The number of rotatable bonds is 3. The first-order chi connectivity index (χ1) is 24.0. The van der Waals surface area contributed by atoms with Gasteiger partial charge in [0, 0.05) is 27.2 Å². The van der Waals surface area contributed by atoms with Gasteiger partial charge in [-0.05, 0) is 87.7 Å². The van der Waals surface area contributed by atoms with E-state index in [0.717, 1.165) is 44.1 Å². The van der Waals surface area contributed by atoms with E-state index in [0.29, 0.717) is 16.9 Å². The van der Waals surface area contributed by atoms with Crippen LogP contribution >= 0.6 is 0 Å². The molecule has 4 nitrogen and oxygen atoms in total. The van der Waals surface area contributed by atoms with Crippen LogP contribution in [0.4, 0.5) is 5.69 Å². The highest BCUT2D eigenvalue weighted by atomic mass is 15.0. The normalized spacial score (nSPS) is 12.2. The van der Waals surface area contributed by atoms with E-state index in [1.165, 1.54) is 27.4 Å². The fraction of sp³-hybridized carbons (Fsp3) is 0.174. The van der Waals surface area contributed by atoms with Crippen LogP contribution in [0.5, 0.6) is 0 Å². The lowest BCUT2D eigenvalue weighted by molar-refractivity contribution is 0.591. The molecule has 6 aromatic carbocycles. The van der Waals surface area contributed by atoms with Crippen LogP contribution in [0.3, 0.4) is 0 Å². The van der Waals surface area contributed by atoms with Crippen molar-refractivity contribution >= 4 is 49.3 Å². The number of nitrogens with zero attached hydrogens (tertiary/aromatic N) is 4. The summed E-state index contributed by atoms with van der Waals surface area (Å²) in [6.07, 6.45) is 0. The van der Waals surface area contributed by atoms with E-state index in [-0.39, 0.29) is 10.8 Å². The standard InChI is InChI=1S/C46H38N4/c1-45(2,3)31-20-23-39-36(26-31)35-22-19-29(25-42(35)49(39)33-14-9-8-10-15-33)34-16-12-18-41-43(34)37-27-32(46(4,5)6)21-24-40(37)50(41)44-30(28-47)13-11-17-38(44)48-7/h8-27H,1-6H3. The zero-order valence-electron chi connectivity index (χ0n) is 29.3. The summed E-state index contributed by atoms with van der Waals surface area (Å²) in [5.41, 5.74) is 11.7. The molecule has 50 heavy (non-hydrogen) atoms. The van der Waals surface area contributed by atoms with Gasteiger partial charge >= 0.3 is 0 Å². The fourth-order valence-corrected chi connectivity index (χ4v) is 7.48. The third-order valence-corrected chi connectivity index (χ3v) is 10.1. The number of hydrogen-bond acceptors (Lipinski definition) is 1. The average molecular weight is 647 g/mol. The van der Waals surface area contributed by atoms with Gasteiger partial charge in [0.2, 0.25) is 5.69 Å². The van der Waals surface area contributed by atoms with Gasteiger partial charge < -0.3 is 9.13 Å². The van der Waals surface area contributed by atoms with Crippen LogP contribution in [0, 0.1) is 17.9 Å². The van der Waals surface area contributed by atoms with E-state index >= 15 is 0 Å². The predicted molar refractivity (Wildman–Crippen MR) is 209 cm³/mol. The number of benzene rings is 6. The van der Waals surface area contributed by atoms with Gasteiger partial charge in [0.1, 0.15) is 0 Å². The Hall–Kier alpha value is -6.10. The molecule has 2 aromatic heterocycles. The number of aromatic nitrogens is 2. The highest BCUT2D eigenvalue weighted by Gasteiger charge is 2.24. The Balaban J connectivity index is 1.49. The first kappa shape index (κ1) is 31.2. The van der Waals surface area contributed by atoms with Crippen molar-refractivity contribution in [2.45, 2.75) is 52.4 Å². The molecule has 0 atom stereocenters. The summed E-state index contributed by atoms with van der Waals surface area (Å²) in [7, 11) is 0. The van der Waals surface area contributed by atoms with Gasteiger partial charge in [-0.3, -0.25) is 0 Å². The minimum atomic E-state index is -0.0643. The van der Waals surface area contributed by atoms with E-state index in [9.17, 15) is 5.26 Å². The summed E-state index contributed by atoms with van der Waals surface area (Å²) in [6.45, 7) is 21.5. The highest BCUT2D eigenvalue weighted by molar-refractivity contribution is 6.17. The minimum absolute atomic E-state index is 0.0301.